The summed E-state index contributed by atoms with van der Waals surface area (Å²) in [5.41, 5.74) is 0.375. The fourth-order valence-electron chi connectivity index (χ4n) is 3.43. The molecule has 1 fully saturated rings. The summed E-state index contributed by atoms with van der Waals surface area (Å²) in [7, 11) is 1.81. The second-order valence-corrected chi connectivity index (χ2v) is 8.39. The lowest BCUT2D eigenvalue weighted by Crippen LogP contribution is -2.55. The van der Waals surface area contributed by atoms with Crippen LogP contribution in [-0.2, 0) is 11.8 Å². The van der Waals surface area contributed by atoms with Crippen molar-refractivity contribution in [2.45, 2.75) is 58.2 Å². The van der Waals surface area contributed by atoms with Crippen molar-refractivity contribution in [2.24, 2.45) is 7.05 Å². The van der Waals surface area contributed by atoms with E-state index in [2.05, 4.69) is 36.7 Å². The summed E-state index contributed by atoms with van der Waals surface area (Å²) in [6, 6.07) is 1.97. The number of anilines is 3. The van der Waals surface area contributed by atoms with E-state index in [4.69, 9.17) is 4.74 Å². The van der Waals surface area contributed by atoms with Gasteiger partial charge in [0.25, 0.3) is 0 Å². The molecule has 1 aliphatic heterocycles. The van der Waals surface area contributed by atoms with E-state index in [0.29, 0.717) is 11.6 Å². The molecule has 2 aromatic heterocycles. The van der Waals surface area contributed by atoms with Gasteiger partial charge in [0.1, 0.15) is 17.5 Å². The smallest absolute Gasteiger partial charge is 0.407 e. The third-order valence-corrected chi connectivity index (χ3v) is 4.82. The number of piperidine rings is 1. The number of aryl methyl sites for hydroxylation is 1. The Bertz CT molecular complexity index is 943. The first-order valence-corrected chi connectivity index (χ1v) is 9.95. The van der Waals surface area contributed by atoms with E-state index < -0.39 is 11.7 Å². The monoisotopic (exact) mass is 412 g/mol. The minimum absolute atomic E-state index is 0.0141. The molecule has 30 heavy (non-hydrogen) atoms. The summed E-state index contributed by atoms with van der Waals surface area (Å²) in [6.07, 6.45) is 6.35. The molecule has 3 rings (SSSR count). The molecule has 160 valence electrons. The van der Waals surface area contributed by atoms with E-state index >= 15 is 0 Å². The van der Waals surface area contributed by atoms with Crippen LogP contribution in [-0.4, -0.2) is 50.1 Å². The molecule has 2 atom stereocenters. The standard InChI is InChI=1S/C20H28N8O2/c1-13-15(25-19(29)30-20(2,3)4)7-6-8-28(13)17-11-22-16(9-21)18(26-17)24-14-10-23-27(5)12-14/h10-13,15H,6-8H2,1-5H3,(H,24,26)(H,25,29)/t13-,15-/m1/s1. The molecule has 0 aromatic carbocycles. The van der Waals surface area contributed by atoms with Crippen LogP contribution in [0.5, 0.6) is 0 Å². The van der Waals surface area contributed by atoms with E-state index in [1.807, 2.05) is 34.7 Å². The molecular weight excluding hydrogens is 384 g/mol. The van der Waals surface area contributed by atoms with Crippen molar-refractivity contribution < 1.29 is 9.53 Å². The molecule has 10 heteroatoms. The molecule has 1 amide bonds. The number of nitriles is 1. The first kappa shape index (κ1) is 21.4. The van der Waals surface area contributed by atoms with Gasteiger partial charge in [-0.3, -0.25) is 4.68 Å². The van der Waals surface area contributed by atoms with Gasteiger partial charge in [-0.15, -0.1) is 0 Å². The van der Waals surface area contributed by atoms with Gasteiger partial charge in [0, 0.05) is 25.8 Å². The maximum absolute atomic E-state index is 12.2. The maximum Gasteiger partial charge on any atom is 0.407 e. The van der Waals surface area contributed by atoms with E-state index in [1.165, 1.54) is 0 Å². The number of carbonyl (C=O) groups excluding carboxylic acids is 1. The highest BCUT2D eigenvalue weighted by Gasteiger charge is 2.31. The summed E-state index contributed by atoms with van der Waals surface area (Å²) in [5.74, 6) is 1.01. The average molecular weight is 412 g/mol. The Balaban J connectivity index is 1.78. The first-order valence-electron chi connectivity index (χ1n) is 9.95. The lowest BCUT2D eigenvalue weighted by atomic mass is 9.97. The molecule has 0 aliphatic carbocycles. The van der Waals surface area contributed by atoms with E-state index in [1.54, 1.807) is 23.3 Å². The highest BCUT2D eigenvalue weighted by Crippen LogP contribution is 2.26. The number of hydrogen-bond acceptors (Lipinski definition) is 8. The Kier molecular flexibility index (Phi) is 6.10. The molecule has 0 unspecified atom stereocenters. The van der Waals surface area contributed by atoms with Gasteiger partial charge in [0.2, 0.25) is 0 Å². The van der Waals surface area contributed by atoms with Crippen molar-refractivity contribution in [2.75, 3.05) is 16.8 Å². The van der Waals surface area contributed by atoms with Crippen molar-refractivity contribution in [3.63, 3.8) is 0 Å². The quantitative estimate of drug-likeness (QED) is 0.786. The average Bonchev–Trinajstić information content (AvgIpc) is 3.06. The molecule has 0 bridgehead atoms. The van der Waals surface area contributed by atoms with Gasteiger partial charge in [0.05, 0.1) is 24.1 Å². The Morgan fingerprint density at radius 3 is 2.77 bits per heavy atom. The predicted molar refractivity (Wildman–Crippen MR) is 112 cm³/mol. The number of hydrogen-bond donors (Lipinski definition) is 2. The van der Waals surface area contributed by atoms with Gasteiger partial charge in [-0.05, 0) is 40.5 Å². The highest BCUT2D eigenvalue weighted by molar-refractivity contribution is 5.68. The number of nitrogens with one attached hydrogen (secondary N) is 2. The van der Waals surface area contributed by atoms with Gasteiger partial charge >= 0.3 is 6.09 Å². The molecule has 0 spiro atoms. The second kappa shape index (κ2) is 8.57. The highest BCUT2D eigenvalue weighted by atomic mass is 16.6. The Morgan fingerprint density at radius 2 is 2.13 bits per heavy atom. The van der Waals surface area contributed by atoms with Crippen LogP contribution in [0.25, 0.3) is 0 Å². The van der Waals surface area contributed by atoms with Gasteiger partial charge in [-0.25, -0.2) is 14.8 Å². The number of carbonyl (C=O) groups is 1. The van der Waals surface area contributed by atoms with E-state index in [0.717, 1.165) is 25.1 Å². The minimum Gasteiger partial charge on any atom is -0.444 e. The number of alkyl carbamates (subject to hydrolysis) is 1. The Hall–Kier alpha value is -3.35. The Labute approximate surface area is 176 Å². The van der Waals surface area contributed by atoms with Gasteiger partial charge in [-0.1, -0.05) is 0 Å². The SMILES string of the molecule is C[C@@H]1[C@H](NC(=O)OC(C)(C)C)CCCN1c1cnc(C#N)c(Nc2cnn(C)c2)n1. The predicted octanol–water partition coefficient (Wildman–Crippen LogP) is 2.71. The van der Waals surface area contributed by atoms with Gasteiger partial charge in [-0.2, -0.15) is 10.4 Å². The Morgan fingerprint density at radius 1 is 1.37 bits per heavy atom. The summed E-state index contributed by atoms with van der Waals surface area (Å²) < 4.78 is 7.06. The topological polar surface area (TPSA) is 121 Å². The summed E-state index contributed by atoms with van der Waals surface area (Å²) in [4.78, 5) is 23.2. The van der Waals surface area contributed by atoms with Crippen LogP contribution in [0.15, 0.2) is 18.6 Å². The normalized spacial score (nSPS) is 19.1. The van der Waals surface area contributed by atoms with Crippen LogP contribution in [0.4, 0.5) is 22.1 Å². The maximum atomic E-state index is 12.2. The van der Waals surface area contributed by atoms with Crippen molar-refractivity contribution >= 4 is 23.4 Å². The molecular formula is C20H28N8O2. The molecule has 10 nitrogen and oxygen atoms in total. The van der Waals surface area contributed by atoms with E-state index in [9.17, 15) is 10.1 Å². The summed E-state index contributed by atoms with van der Waals surface area (Å²) in [6.45, 7) is 8.33. The molecule has 0 saturated carbocycles. The van der Waals surface area contributed by atoms with Gasteiger partial charge < -0.3 is 20.3 Å². The zero-order valence-corrected chi connectivity index (χ0v) is 18.0. The summed E-state index contributed by atoms with van der Waals surface area (Å²) in [5, 5.41) is 19.6. The van der Waals surface area contributed by atoms with Crippen LogP contribution in [0.1, 0.15) is 46.2 Å². The van der Waals surface area contributed by atoms with Crippen molar-refractivity contribution in [3.8, 4) is 6.07 Å². The molecule has 1 aliphatic rings. The van der Waals surface area contributed by atoms with Crippen LogP contribution >= 0.6 is 0 Å². The second-order valence-electron chi connectivity index (χ2n) is 8.39. The lowest BCUT2D eigenvalue weighted by molar-refractivity contribution is 0.0489. The molecule has 2 N–H and O–H groups in total. The minimum atomic E-state index is -0.548. The van der Waals surface area contributed by atoms with Gasteiger partial charge in [0.15, 0.2) is 11.5 Å². The molecule has 1 saturated heterocycles. The van der Waals surface area contributed by atoms with Crippen LogP contribution < -0.4 is 15.5 Å². The number of nitrogens with zero attached hydrogens (tertiary/aromatic N) is 6. The zero-order chi connectivity index (χ0) is 21.9. The zero-order valence-electron chi connectivity index (χ0n) is 18.0. The number of rotatable bonds is 4. The number of aromatic nitrogens is 4. The fraction of sp³-hybridized carbons (Fsp3) is 0.550. The number of ether oxygens (including phenoxy) is 1. The molecule has 3 heterocycles. The fourth-order valence-corrected chi connectivity index (χ4v) is 3.43. The number of amides is 1. The van der Waals surface area contributed by atoms with E-state index in [-0.39, 0.29) is 17.8 Å². The lowest BCUT2D eigenvalue weighted by Gasteiger charge is -2.40. The van der Waals surface area contributed by atoms with Crippen molar-refractivity contribution in [1.29, 1.82) is 5.26 Å². The first-order chi connectivity index (χ1) is 14.2. The van der Waals surface area contributed by atoms with Crippen LogP contribution in [0, 0.1) is 11.3 Å². The van der Waals surface area contributed by atoms with Crippen LogP contribution in [0.2, 0.25) is 0 Å². The van der Waals surface area contributed by atoms with Crippen molar-refractivity contribution in [1.82, 2.24) is 25.1 Å². The molecule has 2 aromatic rings. The largest absolute Gasteiger partial charge is 0.444 e. The molecule has 0 radical (unpaired) electrons. The third kappa shape index (κ3) is 5.17. The van der Waals surface area contributed by atoms with Crippen molar-refractivity contribution in [3.05, 3.63) is 24.3 Å². The third-order valence-electron chi connectivity index (χ3n) is 4.82. The summed E-state index contributed by atoms with van der Waals surface area (Å²) >= 11 is 0. The van der Waals surface area contributed by atoms with Crippen LogP contribution in [0.3, 0.4) is 0 Å².